The molecule has 18 heavy (non-hydrogen) atoms. The molecule has 0 spiro atoms. The molecule has 0 aliphatic carbocycles. The van der Waals surface area contributed by atoms with E-state index in [2.05, 4.69) is 15.9 Å². The van der Waals surface area contributed by atoms with Crippen LogP contribution < -0.4 is 4.59 Å². The molecule has 0 bridgehead atoms. The number of aromatic carboxylic acids is 1. The number of alkyl halides is 3. The Morgan fingerprint density at radius 2 is 2.11 bits per heavy atom. The first kappa shape index (κ1) is 13.5. The minimum absolute atomic E-state index is 0.209. The fourth-order valence-electron chi connectivity index (χ4n) is 1.51. The molecule has 0 atom stereocenters. The molecule has 0 radical (unpaired) electrons. The fourth-order valence-corrected chi connectivity index (χ4v) is 3.50. The number of hydrogen-bond donors (Lipinski definition) is 1. The third kappa shape index (κ3) is 2.55. The summed E-state index contributed by atoms with van der Waals surface area (Å²) < 4.78 is 39.1. The van der Waals surface area contributed by atoms with Gasteiger partial charge in [0, 0.05) is 0 Å². The first-order chi connectivity index (χ1) is 8.29. The van der Waals surface area contributed by atoms with Crippen molar-refractivity contribution in [3.8, 4) is 0 Å². The van der Waals surface area contributed by atoms with Gasteiger partial charge in [0.2, 0.25) is 0 Å². The molecule has 2 aromatic heterocycles. The Kier molecular flexibility index (Phi) is 3.44. The Morgan fingerprint density at radius 3 is 2.67 bits per heavy atom. The Hall–Kier alpha value is -0.981. The van der Waals surface area contributed by atoms with Gasteiger partial charge in [-0.25, -0.2) is 0 Å². The van der Waals surface area contributed by atoms with Crippen LogP contribution in [0.5, 0.6) is 0 Å². The van der Waals surface area contributed by atoms with Crippen LogP contribution >= 0.6 is 15.9 Å². The second kappa shape index (κ2) is 4.60. The van der Waals surface area contributed by atoms with Crippen LogP contribution in [0, 0.1) is 0 Å². The maximum atomic E-state index is 12.5. The Bertz CT molecular complexity index is 623. The van der Waals surface area contributed by atoms with Crippen LogP contribution in [-0.2, 0) is 0 Å². The number of carboxylic acid groups (broad SMARTS) is 1. The molecule has 3 nitrogen and oxygen atoms in total. The molecule has 96 valence electrons. The summed E-state index contributed by atoms with van der Waals surface area (Å²) in [6, 6.07) is 4.44. The van der Waals surface area contributed by atoms with Gasteiger partial charge in [-0.2, -0.15) is 0 Å². The second-order valence-electron chi connectivity index (χ2n) is 3.33. The van der Waals surface area contributed by atoms with Crippen molar-refractivity contribution in [1.82, 2.24) is 4.40 Å². The van der Waals surface area contributed by atoms with Crippen LogP contribution in [0.2, 0.25) is 0 Å². The van der Waals surface area contributed by atoms with E-state index in [0.717, 1.165) is 0 Å². The van der Waals surface area contributed by atoms with Crippen LogP contribution in [0.3, 0.4) is 0 Å². The van der Waals surface area contributed by atoms with Gasteiger partial charge in [-0.05, 0) is 0 Å². The van der Waals surface area contributed by atoms with E-state index >= 15 is 0 Å². The van der Waals surface area contributed by atoms with Crippen molar-refractivity contribution in [3.05, 3.63) is 34.4 Å². The molecule has 0 fully saturated rings. The molecule has 0 aliphatic heterocycles. The zero-order valence-electron chi connectivity index (χ0n) is 8.53. The van der Waals surface area contributed by atoms with E-state index in [9.17, 15) is 18.0 Å². The van der Waals surface area contributed by atoms with Crippen LogP contribution in [0.25, 0.3) is 5.52 Å². The van der Waals surface area contributed by atoms with E-state index in [1.165, 1.54) is 16.7 Å². The summed E-state index contributed by atoms with van der Waals surface area (Å²) in [6.07, 6.45) is 1.43. The number of hydrogen-bond acceptors (Lipinski definition) is 1. The number of carboxylic acids is 1. The molecule has 0 aromatic carbocycles. The van der Waals surface area contributed by atoms with Gasteiger partial charge in [0.05, 0.1) is 0 Å². The van der Waals surface area contributed by atoms with Crippen molar-refractivity contribution in [2.24, 2.45) is 0 Å². The topological polar surface area (TPSA) is 41.7 Å². The monoisotopic (exact) mass is 387 g/mol. The molecular weight excluding hydrogens is 382 g/mol. The number of halogens is 4. The van der Waals surface area contributed by atoms with E-state index < -0.39 is 26.0 Å². The van der Waals surface area contributed by atoms with Gasteiger partial charge in [0.25, 0.3) is 0 Å². The molecule has 0 amide bonds. The Labute approximate surface area is 114 Å². The standard InChI is InChI=1S/C10H5BrF3NO2Se/c11-6-2-1-3-15-7(6)4-5(9(16)17)8(15)18-10(12,13)14/h1-4H,(H,16,17). The first-order valence-electron chi connectivity index (χ1n) is 4.58. The number of pyridine rings is 1. The van der Waals surface area contributed by atoms with Gasteiger partial charge in [-0.1, -0.05) is 0 Å². The van der Waals surface area contributed by atoms with Gasteiger partial charge in [-0.15, -0.1) is 0 Å². The zero-order valence-corrected chi connectivity index (χ0v) is 11.8. The summed E-state index contributed by atoms with van der Waals surface area (Å²) in [5.41, 5.74) is 0.107. The maximum absolute atomic E-state index is 12.5. The third-order valence-electron chi connectivity index (χ3n) is 2.15. The Morgan fingerprint density at radius 1 is 1.44 bits per heavy atom. The molecule has 2 heterocycles. The molecule has 0 unspecified atom stereocenters. The summed E-state index contributed by atoms with van der Waals surface area (Å²) in [6.45, 7) is 0. The summed E-state index contributed by atoms with van der Waals surface area (Å²) in [5.74, 6) is -1.35. The number of nitrogens with zero attached hydrogens (tertiary/aromatic N) is 1. The van der Waals surface area contributed by atoms with Crippen LogP contribution in [0.15, 0.2) is 28.9 Å². The van der Waals surface area contributed by atoms with Crippen molar-refractivity contribution in [1.29, 1.82) is 0 Å². The summed E-state index contributed by atoms with van der Waals surface area (Å²) in [4.78, 5) is 11.0. The molecule has 0 saturated carbocycles. The second-order valence-corrected chi connectivity index (χ2v) is 6.39. The summed E-state index contributed by atoms with van der Waals surface area (Å²) >= 11 is 1.28. The van der Waals surface area contributed by atoms with Crippen LogP contribution in [0.4, 0.5) is 13.2 Å². The average molecular weight is 387 g/mol. The van der Waals surface area contributed by atoms with E-state index in [-0.39, 0.29) is 10.2 Å². The SMILES string of the molecule is O=C(O)c1cc2c(Br)cccn2c1[Se]C(F)(F)F. The number of aromatic nitrogens is 1. The molecule has 2 rings (SSSR count). The molecular formula is C10H5BrF3NO2Se. The van der Waals surface area contributed by atoms with E-state index in [1.807, 2.05) is 0 Å². The number of fused-ring (bicyclic) bond motifs is 1. The van der Waals surface area contributed by atoms with Crippen molar-refractivity contribution in [2.75, 3.05) is 0 Å². The van der Waals surface area contributed by atoms with Gasteiger partial charge < -0.3 is 0 Å². The van der Waals surface area contributed by atoms with Crippen molar-refractivity contribution < 1.29 is 23.1 Å². The van der Waals surface area contributed by atoms with Gasteiger partial charge in [0.15, 0.2) is 0 Å². The van der Waals surface area contributed by atoms with Crippen molar-refractivity contribution in [2.45, 2.75) is 5.07 Å². The molecule has 0 aliphatic rings. The van der Waals surface area contributed by atoms with Crippen LogP contribution in [-0.4, -0.2) is 35.5 Å². The van der Waals surface area contributed by atoms with Gasteiger partial charge >= 0.3 is 114 Å². The number of rotatable bonds is 2. The Balaban J connectivity index is 2.71. The molecule has 1 N–H and O–H groups in total. The van der Waals surface area contributed by atoms with Gasteiger partial charge in [0.1, 0.15) is 0 Å². The predicted octanol–water partition coefficient (Wildman–Crippen LogP) is 2.25. The first-order valence-corrected chi connectivity index (χ1v) is 7.09. The van der Waals surface area contributed by atoms with E-state index in [0.29, 0.717) is 9.99 Å². The van der Waals surface area contributed by atoms with E-state index in [4.69, 9.17) is 5.11 Å². The van der Waals surface area contributed by atoms with Crippen molar-refractivity contribution >= 4 is 47.0 Å². The average Bonchev–Trinajstić information content (AvgIpc) is 2.57. The van der Waals surface area contributed by atoms with Crippen LogP contribution in [0.1, 0.15) is 10.4 Å². The van der Waals surface area contributed by atoms with Crippen molar-refractivity contribution in [3.63, 3.8) is 0 Å². The van der Waals surface area contributed by atoms with E-state index in [1.54, 1.807) is 12.1 Å². The fraction of sp³-hybridized carbons (Fsp3) is 0.100. The summed E-state index contributed by atoms with van der Waals surface area (Å²) in [7, 11) is 0. The molecule has 0 saturated heterocycles. The minimum atomic E-state index is -4.40. The zero-order chi connectivity index (χ0) is 13.5. The normalized spacial score (nSPS) is 12.0. The summed E-state index contributed by atoms with van der Waals surface area (Å²) in [5, 5.41) is 4.57. The quantitative estimate of drug-likeness (QED) is 0.804. The molecule has 2 aromatic rings. The molecule has 8 heteroatoms. The number of carbonyl (C=O) groups is 1. The predicted molar refractivity (Wildman–Crippen MR) is 63.5 cm³/mol. The van der Waals surface area contributed by atoms with Gasteiger partial charge in [-0.3, -0.25) is 0 Å². The third-order valence-corrected chi connectivity index (χ3v) is 4.59.